The van der Waals surface area contributed by atoms with Crippen LogP contribution >= 0.6 is 0 Å². The molecule has 0 amide bonds. The van der Waals surface area contributed by atoms with E-state index >= 15 is 0 Å². The van der Waals surface area contributed by atoms with Crippen LogP contribution in [0.4, 0.5) is 0 Å². The summed E-state index contributed by atoms with van der Waals surface area (Å²) in [5.74, 6) is 0.854. The van der Waals surface area contributed by atoms with Gasteiger partial charge >= 0.3 is 0 Å². The van der Waals surface area contributed by atoms with Gasteiger partial charge in [-0.25, -0.2) is 4.68 Å². The molecule has 0 spiro atoms. The van der Waals surface area contributed by atoms with Crippen LogP contribution < -0.4 is 10.5 Å². The molecule has 5 heteroatoms. The van der Waals surface area contributed by atoms with Crippen LogP contribution in [0.15, 0.2) is 30.5 Å². The average molecular weight is 218 g/mol. The lowest BCUT2D eigenvalue weighted by molar-refractivity contribution is 0.407. The zero-order chi connectivity index (χ0) is 11.4. The number of para-hydroxylation sites is 1. The maximum atomic E-state index is 5.47. The number of nitrogens with two attached hydrogens (primary N) is 1. The lowest BCUT2D eigenvalue weighted by Gasteiger charge is -2.07. The Morgan fingerprint density at radius 2 is 2.19 bits per heavy atom. The van der Waals surface area contributed by atoms with Gasteiger partial charge in [0.2, 0.25) is 0 Å². The summed E-state index contributed by atoms with van der Waals surface area (Å²) < 4.78 is 7.01. The third-order valence-corrected chi connectivity index (χ3v) is 2.32. The SMILES string of the molecule is COc1ccccc1Cn1cc(CN)nn1. The molecular formula is C11H14N4O. The minimum absolute atomic E-state index is 0.409. The Morgan fingerprint density at radius 1 is 1.38 bits per heavy atom. The molecular weight excluding hydrogens is 204 g/mol. The fourth-order valence-electron chi connectivity index (χ4n) is 1.52. The first kappa shape index (κ1) is 10.6. The molecule has 2 aromatic rings. The van der Waals surface area contributed by atoms with E-state index in [1.807, 2.05) is 30.5 Å². The number of benzene rings is 1. The Kier molecular flexibility index (Phi) is 3.16. The molecule has 0 aliphatic rings. The fraction of sp³-hybridized carbons (Fsp3) is 0.273. The first-order chi connectivity index (χ1) is 7.83. The number of rotatable bonds is 4. The van der Waals surface area contributed by atoms with Crippen LogP contribution in [0.3, 0.4) is 0 Å². The van der Waals surface area contributed by atoms with Crippen molar-refractivity contribution in [1.29, 1.82) is 0 Å². The molecule has 1 aromatic heterocycles. The quantitative estimate of drug-likeness (QED) is 0.824. The minimum Gasteiger partial charge on any atom is -0.496 e. The summed E-state index contributed by atoms with van der Waals surface area (Å²) in [7, 11) is 1.66. The van der Waals surface area contributed by atoms with Crippen molar-refractivity contribution in [3.8, 4) is 5.75 Å². The Hall–Kier alpha value is -1.88. The van der Waals surface area contributed by atoms with Crippen LogP contribution in [-0.4, -0.2) is 22.1 Å². The van der Waals surface area contributed by atoms with Crippen LogP contribution in [0.5, 0.6) is 5.75 Å². The number of ether oxygens (including phenoxy) is 1. The van der Waals surface area contributed by atoms with E-state index in [1.165, 1.54) is 0 Å². The van der Waals surface area contributed by atoms with Crippen molar-refractivity contribution in [3.63, 3.8) is 0 Å². The number of aromatic nitrogens is 3. The maximum Gasteiger partial charge on any atom is 0.123 e. The zero-order valence-corrected chi connectivity index (χ0v) is 9.13. The monoisotopic (exact) mass is 218 g/mol. The van der Waals surface area contributed by atoms with Gasteiger partial charge in [-0.05, 0) is 6.07 Å². The van der Waals surface area contributed by atoms with Crippen molar-refractivity contribution < 1.29 is 4.74 Å². The Morgan fingerprint density at radius 3 is 2.88 bits per heavy atom. The van der Waals surface area contributed by atoms with Gasteiger partial charge in [-0.3, -0.25) is 0 Å². The van der Waals surface area contributed by atoms with Crippen molar-refractivity contribution >= 4 is 0 Å². The molecule has 0 aliphatic carbocycles. The van der Waals surface area contributed by atoms with Crippen LogP contribution in [0.1, 0.15) is 11.3 Å². The molecule has 1 aromatic carbocycles. The number of methoxy groups -OCH3 is 1. The van der Waals surface area contributed by atoms with Gasteiger partial charge in [0.05, 0.1) is 25.5 Å². The van der Waals surface area contributed by atoms with Crippen LogP contribution in [0, 0.1) is 0 Å². The highest BCUT2D eigenvalue weighted by Gasteiger charge is 2.04. The summed E-state index contributed by atoms with van der Waals surface area (Å²) in [5, 5.41) is 7.92. The highest BCUT2D eigenvalue weighted by atomic mass is 16.5. The Bertz CT molecular complexity index is 467. The zero-order valence-electron chi connectivity index (χ0n) is 9.13. The lowest BCUT2D eigenvalue weighted by atomic mass is 10.2. The predicted molar refractivity (Wildman–Crippen MR) is 60.0 cm³/mol. The summed E-state index contributed by atoms with van der Waals surface area (Å²) in [6.07, 6.45) is 1.84. The van der Waals surface area contributed by atoms with E-state index in [4.69, 9.17) is 10.5 Å². The third-order valence-electron chi connectivity index (χ3n) is 2.32. The number of hydrogen-bond acceptors (Lipinski definition) is 4. The lowest BCUT2D eigenvalue weighted by Crippen LogP contribution is -2.02. The molecule has 0 saturated carbocycles. The third kappa shape index (κ3) is 2.20. The summed E-state index contributed by atoms with van der Waals surface area (Å²) in [6, 6.07) is 7.84. The van der Waals surface area contributed by atoms with Gasteiger partial charge < -0.3 is 10.5 Å². The first-order valence-corrected chi connectivity index (χ1v) is 5.04. The molecule has 0 fully saturated rings. The van der Waals surface area contributed by atoms with Crippen LogP contribution in [0.25, 0.3) is 0 Å². The van der Waals surface area contributed by atoms with E-state index in [-0.39, 0.29) is 0 Å². The van der Waals surface area contributed by atoms with E-state index in [0.717, 1.165) is 17.0 Å². The summed E-state index contributed by atoms with van der Waals surface area (Å²) in [6.45, 7) is 1.04. The molecule has 1 heterocycles. The van der Waals surface area contributed by atoms with Gasteiger partial charge in [-0.15, -0.1) is 5.10 Å². The van der Waals surface area contributed by atoms with E-state index in [0.29, 0.717) is 13.1 Å². The van der Waals surface area contributed by atoms with Gasteiger partial charge in [0.1, 0.15) is 5.75 Å². The molecule has 0 aliphatic heterocycles. The summed E-state index contributed by atoms with van der Waals surface area (Å²) >= 11 is 0. The molecule has 5 nitrogen and oxygen atoms in total. The van der Waals surface area contributed by atoms with E-state index in [1.54, 1.807) is 11.8 Å². The molecule has 16 heavy (non-hydrogen) atoms. The minimum atomic E-state index is 0.409. The smallest absolute Gasteiger partial charge is 0.123 e. The van der Waals surface area contributed by atoms with Crippen molar-refractivity contribution in [2.45, 2.75) is 13.1 Å². The van der Waals surface area contributed by atoms with Crippen LogP contribution in [-0.2, 0) is 13.1 Å². The van der Waals surface area contributed by atoms with E-state index in [2.05, 4.69) is 10.3 Å². The standard InChI is InChI=1S/C11H14N4O/c1-16-11-5-3-2-4-9(11)7-15-8-10(6-12)13-14-15/h2-5,8H,6-7,12H2,1H3. The van der Waals surface area contributed by atoms with Gasteiger partial charge in [-0.2, -0.15) is 0 Å². The Balaban J connectivity index is 2.19. The second kappa shape index (κ2) is 4.76. The average Bonchev–Trinajstić information content (AvgIpc) is 2.77. The summed E-state index contributed by atoms with van der Waals surface area (Å²) in [4.78, 5) is 0. The highest BCUT2D eigenvalue weighted by molar-refractivity contribution is 5.33. The van der Waals surface area contributed by atoms with Gasteiger partial charge in [0, 0.05) is 12.1 Å². The molecule has 0 atom stereocenters. The molecule has 0 bridgehead atoms. The molecule has 0 saturated heterocycles. The second-order valence-electron chi connectivity index (χ2n) is 3.42. The van der Waals surface area contributed by atoms with Crippen molar-refractivity contribution in [1.82, 2.24) is 15.0 Å². The second-order valence-corrected chi connectivity index (χ2v) is 3.42. The number of nitrogens with zero attached hydrogens (tertiary/aromatic N) is 3. The Labute approximate surface area is 93.8 Å². The maximum absolute atomic E-state index is 5.47. The molecule has 84 valence electrons. The van der Waals surface area contributed by atoms with Crippen molar-refractivity contribution in [2.24, 2.45) is 5.73 Å². The topological polar surface area (TPSA) is 66.0 Å². The van der Waals surface area contributed by atoms with Crippen LogP contribution in [0.2, 0.25) is 0 Å². The highest BCUT2D eigenvalue weighted by Crippen LogP contribution is 2.17. The van der Waals surface area contributed by atoms with E-state index < -0.39 is 0 Å². The normalized spacial score (nSPS) is 10.4. The van der Waals surface area contributed by atoms with Crippen molar-refractivity contribution in [2.75, 3.05) is 7.11 Å². The largest absolute Gasteiger partial charge is 0.496 e. The van der Waals surface area contributed by atoms with E-state index in [9.17, 15) is 0 Å². The summed E-state index contributed by atoms with van der Waals surface area (Å²) in [5.41, 5.74) is 7.33. The van der Waals surface area contributed by atoms with Gasteiger partial charge in [0.25, 0.3) is 0 Å². The molecule has 0 radical (unpaired) electrons. The first-order valence-electron chi connectivity index (χ1n) is 5.04. The predicted octanol–water partition coefficient (Wildman–Crippen LogP) is 0.794. The fourth-order valence-corrected chi connectivity index (χ4v) is 1.52. The molecule has 2 N–H and O–H groups in total. The number of hydrogen-bond donors (Lipinski definition) is 1. The van der Waals surface area contributed by atoms with Crippen molar-refractivity contribution in [3.05, 3.63) is 41.7 Å². The molecule has 2 rings (SSSR count). The van der Waals surface area contributed by atoms with Gasteiger partial charge in [-0.1, -0.05) is 23.4 Å². The van der Waals surface area contributed by atoms with Gasteiger partial charge in [0.15, 0.2) is 0 Å². The molecule has 0 unspecified atom stereocenters.